The third-order valence-electron chi connectivity index (χ3n) is 7.26. The van der Waals surface area contributed by atoms with E-state index in [1.165, 1.54) is 6.07 Å². The first-order chi connectivity index (χ1) is 20.1. The van der Waals surface area contributed by atoms with Gasteiger partial charge in [0.1, 0.15) is 17.4 Å². The predicted octanol–water partition coefficient (Wildman–Crippen LogP) is 7.56. The molecule has 0 saturated carbocycles. The molecule has 3 heterocycles. The van der Waals surface area contributed by atoms with Crippen LogP contribution in [0.15, 0.2) is 76.7 Å². The molecule has 2 aromatic carbocycles. The van der Waals surface area contributed by atoms with Crippen LogP contribution >= 0.6 is 23.4 Å². The van der Waals surface area contributed by atoms with Crippen LogP contribution in [0, 0.1) is 0 Å². The van der Waals surface area contributed by atoms with E-state index < -0.39 is 0 Å². The molecule has 0 saturated heterocycles. The number of rotatable bonds is 9. The van der Waals surface area contributed by atoms with Crippen molar-refractivity contribution < 1.29 is 9.90 Å². The fraction of sp³-hybridized carbons (Fsp3) is 0.290. The predicted molar refractivity (Wildman–Crippen MR) is 167 cm³/mol. The Kier molecular flexibility index (Phi) is 8.47. The minimum absolute atomic E-state index is 0.0209. The van der Waals surface area contributed by atoms with Gasteiger partial charge in [0.05, 0.1) is 16.4 Å². The number of nitrogens with zero attached hydrogens (tertiary/aromatic N) is 5. The number of aromatic nitrogens is 5. The summed E-state index contributed by atoms with van der Waals surface area (Å²) in [5, 5.41) is 29.4. The van der Waals surface area contributed by atoms with E-state index in [4.69, 9.17) is 16.7 Å². The topological polar surface area (TPSA) is 109 Å². The summed E-state index contributed by atoms with van der Waals surface area (Å²) in [6, 6.07) is 18.3. The van der Waals surface area contributed by atoms with Crippen molar-refractivity contribution in [1.82, 2.24) is 29.7 Å². The number of urea groups is 1. The van der Waals surface area contributed by atoms with E-state index in [1.54, 1.807) is 28.6 Å². The van der Waals surface area contributed by atoms with Crippen molar-refractivity contribution >= 4 is 40.9 Å². The number of carbonyl (C=O) groups is 1. The Balaban J connectivity index is 1.34. The number of carbonyl (C=O) groups excluding carboxylic acids is 1. The first-order valence-electron chi connectivity index (χ1n) is 13.8. The summed E-state index contributed by atoms with van der Waals surface area (Å²) in [5.41, 5.74) is 3.04. The van der Waals surface area contributed by atoms with Crippen LogP contribution in [0.1, 0.15) is 64.0 Å². The highest BCUT2D eigenvalue weighted by Crippen LogP contribution is 2.33. The van der Waals surface area contributed by atoms with Gasteiger partial charge in [-0.25, -0.2) is 9.48 Å². The number of anilines is 1. The Bertz CT molecular complexity index is 1740. The second-order valence-electron chi connectivity index (χ2n) is 11.0. The van der Waals surface area contributed by atoms with Crippen molar-refractivity contribution in [1.29, 1.82) is 0 Å². The van der Waals surface area contributed by atoms with Gasteiger partial charge in [-0.05, 0) is 48.4 Å². The third kappa shape index (κ3) is 6.24. The number of amides is 2. The van der Waals surface area contributed by atoms with E-state index in [0.717, 1.165) is 38.9 Å². The molecule has 0 fully saturated rings. The molecule has 5 aromatic rings. The first kappa shape index (κ1) is 29.5. The zero-order valence-corrected chi connectivity index (χ0v) is 25.8. The maximum absolute atomic E-state index is 13.2. The minimum Gasteiger partial charge on any atom is -0.506 e. The molecule has 0 aliphatic rings. The van der Waals surface area contributed by atoms with Crippen LogP contribution in [-0.2, 0) is 12.0 Å². The second-order valence-corrected chi connectivity index (χ2v) is 12.5. The van der Waals surface area contributed by atoms with Crippen LogP contribution in [-0.4, -0.2) is 35.5 Å². The average molecular weight is 604 g/mol. The van der Waals surface area contributed by atoms with Gasteiger partial charge in [-0.3, -0.25) is 9.72 Å². The molecule has 11 heteroatoms. The SMILES string of the molecule is CCC(C)(C)c1cc(NC(=O)NCc2ccccc2Sc2ccc3nnc(C(C)C)n3c2)n(-c2ccc(O)c(Cl)c2)n1. The molecule has 42 heavy (non-hydrogen) atoms. The Morgan fingerprint density at radius 3 is 2.62 bits per heavy atom. The molecule has 5 rings (SSSR count). The molecule has 0 radical (unpaired) electrons. The standard InChI is InChI=1S/C31H34ClN7O2S/c1-6-31(4,5)26-16-28(39(37-26)21-11-13-24(40)23(32)15-21)34-30(41)33-17-20-9-7-8-10-25(20)42-22-12-14-27-35-36-29(19(2)3)38(27)18-22/h7-16,18-19,40H,6,17H2,1-5H3,(H2,33,34,41). The Hall–Kier alpha value is -4.02. The lowest BCUT2D eigenvalue weighted by Gasteiger charge is -2.19. The van der Waals surface area contributed by atoms with E-state index in [-0.39, 0.29) is 28.1 Å². The maximum Gasteiger partial charge on any atom is 0.320 e. The molecule has 3 N–H and O–H groups in total. The van der Waals surface area contributed by atoms with E-state index in [2.05, 4.69) is 61.6 Å². The van der Waals surface area contributed by atoms with E-state index in [1.807, 2.05) is 46.9 Å². The van der Waals surface area contributed by atoms with Gasteiger partial charge >= 0.3 is 6.03 Å². The van der Waals surface area contributed by atoms with Crippen LogP contribution in [0.25, 0.3) is 11.3 Å². The number of benzene rings is 2. The molecule has 9 nitrogen and oxygen atoms in total. The van der Waals surface area contributed by atoms with Crippen LogP contribution in [0.4, 0.5) is 10.6 Å². The van der Waals surface area contributed by atoms with Gasteiger partial charge in [-0.15, -0.1) is 10.2 Å². The summed E-state index contributed by atoms with van der Waals surface area (Å²) in [4.78, 5) is 15.2. The fourth-order valence-corrected chi connectivity index (χ4v) is 5.50. The largest absolute Gasteiger partial charge is 0.506 e. The molecule has 3 aromatic heterocycles. The number of halogens is 1. The third-order valence-corrected chi connectivity index (χ3v) is 8.66. The van der Waals surface area contributed by atoms with Crippen molar-refractivity contribution in [2.45, 2.75) is 68.7 Å². The highest BCUT2D eigenvalue weighted by molar-refractivity contribution is 7.99. The Morgan fingerprint density at radius 2 is 1.88 bits per heavy atom. The number of pyridine rings is 1. The van der Waals surface area contributed by atoms with Crippen LogP contribution in [0.2, 0.25) is 5.02 Å². The molecular weight excluding hydrogens is 570 g/mol. The van der Waals surface area contributed by atoms with Gasteiger partial charge in [0, 0.05) is 39.9 Å². The molecule has 0 unspecified atom stereocenters. The van der Waals surface area contributed by atoms with Crippen LogP contribution in [0.5, 0.6) is 5.75 Å². The van der Waals surface area contributed by atoms with Gasteiger partial charge in [0.25, 0.3) is 0 Å². The Morgan fingerprint density at radius 1 is 1.10 bits per heavy atom. The molecule has 0 spiro atoms. The van der Waals surface area contributed by atoms with Crippen molar-refractivity contribution in [3.05, 3.63) is 89.0 Å². The fourth-order valence-electron chi connectivity index (χ4n) is 4.36. The zero-order chi connectivity index (χ0) is 30.0. The van der Waals surface area contributed by atoms with E-state index in [9.17, 15) is 9.90 Å². The highest BCUT2D eigenvalue weighted by Gasteiger charge is 2.25. The van der Waals surface area contributed by atoms with Crippen LogP contribution in [0.3, 0.4) is 0 Å². The smallest absolute Gasteiger partial charge is 0.320 e. The summed E-state index contributed by atoms with van der Waals surface area (Å²) < 4.78 is 3.66. The molecule has 218 valence electrons. The zero-order valence-electron chi connectivity index (χ0n) is 24.2. The number of hydrogen-bond acceptors (Lipinski definition) is 6. The van der Waals surface area contributed by atoms with Crippen molar-refractivity contribution in [2.24, 2.45) is 0 Å². The quantitative estimate of drug-likeness (QED) is 0.160. The van der Waals surface area contributed by atoms with Crippen molar-refractivity contribution in [3.8, 4) is 11.4 Å². The summed E-state index contributed by atoms with van der Waals surface area (Å²) in [6.07, 6.45) is 2.92. The lowest BCUT2D eigenvalue weighted by atomic mass is 9.87. The highest BCUT2D eigenvalue weighted by atomic mass is 35.5. The summed E-state index contributed by atoms with van der Waals surface area (Å²) in [5.74, 6) is 1.64. The average Bonchev–Trinajstić information content (AvgIpc) is 3.59. The van der Waals surface area contributed by atoms with Crippen molar-refractivity contribution in [3.63, 3.8) is 0 Å². The van der Waals surface area contributed by atoms with Gasteiger partial charge in [-0.2, -0.15) is 5.10 Å². The summed E-state index contributed by atoms with van der Waals surface area (Å²) in [6.45, 7) is 10.8. The van der Waals surface area contributed by atoms with Gasteiger partial charge in [0.2, 0.25) is 0 Å². The lowest BCUT2D eigenvalue weighted by Crippen LogP contribution is -2.29. The Labute approximate surface area is 254 Å². The van der Waals surface area contributed by atoms with Crippen molar-refractivity contribution in [2.75, 3.05) is 5.32 Å². The van der Waals surface area contributed by atoms with Gasteiger partial charge < -0.3 is 10.4 Å². The van der Waals surface area contributed by atoms with E-state index >= 15 is 0 Å². The molecular formula is C31H34ClN7O2S. The summed E-state index contributed by atoms with van der Waals surface area (Å²) in [7, 11) is 0. The molecule has 0 atom stereocenters. The van der Waals surface area contributed by atoms with Gasteiger partial charge in [0.15, 0.2) is 5.65 Å². The van der Waals surface area contributed by atoms with Gasteiger partial charge in [-0.1, -0.05) is 76.2 Å². The second kappa shape index (κ2) is 12.1. The molecule has 2 amide bonds. The number of phenolic OH excluding ortho intramolecular Hbond substituents is 1. The van der Waals surface area contributed by atoms with E-state index in [0.29, 0.717) is 18.1 Å². The minimum atomic E-state index is -0.367. The lowest BCUT2D eigenvalue weighted by molar-refractivity contribution is 0.251. The number of phenols is 1. The monoisotopic (exact) mass is 603 g/mol. The normalized spacial score (nSPS) is 11.8. The summed E-state index contributed by atoms with van der Waals surface area (Å²) >= 11 is 7.80. The van der Waals surface area contributed by atoms with Crippen LogP contribution < -0.4 is 10.6 Å². The number of nitrogens with one attached hydrogen (secondary N) is 2. The number of aromatic hydroxyl groups is 1. The molecule has 0 aliphatic heterocycles. The maximum atomic E-state index is 13.2. The first-order valence-corrected chi connectivity index (χ1v) is 15.0. The number of fused-ring (bicyclic) bond motifs is 1. The number of hydrogen-bond donors (Lipinski definition) is 3. The molecule has 0 bridgehead atoms. The molecule has 0 aliphatic carbocycles.